The number of aryl methyl sites for hydroxylation is 1. The molecule has 158 valence electrons. The standard InChI is InChI=1S/C22H30N2O4S/c1-15-7-3-6-10-19(15)28-13-12-23-20(25)18(11-14-29-2)24-21(26)16-8-4-5-9-17(16)22(24)27/h3,6-7,10,16-18H,4-5,8-9,11-14H2,1-2H3,(H,23,25). The van der Waals surface area contributed by atoms with Gasteiger partial charge in [-0.2, -0.15) is 11.8 Å². The van der Waals surface area contributed by atoms with Crippen LogP contribution in [0, 0.1) is 18.8 Å². The molecule has 1 heterocycles. The van der Waals surface area contributed by atoms with Crippen LogP contribution in [0.4, 0.5) is 0 Å². The minimum absolute atomic E-state index is 0.155. The van der Waals surface area contributed by atoms with Crippen LogP contribution in [0.15, 0.2) is 24.3 Å². The van der Waals surface area contributed by atoms with Crippen molar-refractivity contribution in [2.45, 2.75) is 45.1 Å². The van der Waals surface area contributed by atoms with E-state index in [1.54, 1.807) is 11.8 Å². The van der Waals surface area contributed by atoms with Crippen molar-refractivity contribution in [3.05, 3.63) is 29.8 Å². The lowest BCUT2D eigenvalue weighted by Crippen LogP contribution is -2.51. The first-order valence-corrected chi connectivity index (χ1v) is 11.8. The number of hydrogen-bond acceptors (Lipinski definition) is 5. The molecule has 1 saturated heterocycles. The maximum Gasteiger partial charge on any atom is 0.243 e. The van der Waals surface area contributed by atoms with Crippen molar-refractivity contribution in [1.29, 1.82) is 0 Å². The number of benzene rings is 1. The van der Waals surface area contributed by atoms with Crippen molar-refractivity contribution in [2.75, 3.05) is 25.2 Å². The van der Waals surface area contributed by atoms with Gasteiger partial charge in [0.1, 0.15) is 18.4 Å². The van der Waals surface area contributed by atoms with Crippen LogP contribution in [-0.2, 0) is 14.4 Å². The van der Waals surface area contributed by atoms with Gasteiger partial charge in [-0.15, -0.1) is 0 Å². The number of nitrogens with one attached hydrogen (secondary N) is 1. The number of amides is 3. The van der Waals surface area contributed by atoms with Crippen molar-refractivity contribution < 1.29 is 19.1 Å². The predicted octanol–water partition coefficient (Wildman–Crippen LogP) is 2.79. The summed E-state index contributed by atoms with van der Waals surface area (Å²) in [5.41, 5.74) is 1.03. The van der Waals surface area contributed by atoms with Crippen molar-refractivity contribution in [2.24, 2.45) is 11.8 Å². The fourth-order valence-corrected chi connectivity index (χ4v) is 4.73. The van der Waals surface area contributed by atoms with Gasteiger partial charge in [0, 0.05) is 0 Å². The molecule has 0 aromatic heterocycles. The molecule has 3 atom stereocenters. The normalized spacial score (nSPS) is 22.3. The van der Waals surface area contributed by atoms with Gasteiger partial charge in [0.2, 0.25) is 17.7 Å². The van der Waals surface area contributed by atoms with Gasteiger partial charge in [-0.1, -0.05) is 31.0 Å². The Morgan fingerprint density at radius 3 is 2.48 bits per heavy atom. The molecule has 6 nitrogen and oxygen atoms in total. The highest BCUT2D eigenvalue weighted by atomic mass is 32.2. The number of imide groups is 1. The predicted molar refractivity (Wildman–Crippen MR) is 114 cm³/mol. The van der Waals surface area contributed by atoms with Crippen LogP contribution in [0.2, 0.25) is 0 Å². The Morgan fingerprint density at radius 1 is 1.21 bits per heavy atom. The Bertz CT molecular complexity index is 730. The van der Waals surface area contributed by atoms with Crippen molar-refractivity contribution in [1.82, 2.24) is 10.2 Å². The number of rotatable bonds is 9. The van der Waals surface area contributed by atoms with E-state index in [1.807, 2.05) is 37.4 Å². The number of carbonyl (C=O) groups excluding carboxylic acids is 3. The molecule has 2 fully saturated rings. The van der Waals surface area contributed by atoms with Crippen molar-refractivity contribution in [3.8, 4) is 5.75 Å². The molecule has 29 heavy (non-hydrogen) atoms. The van der Waals surface area contributed by atoms with E-state index in [-0.39, 0.29) is 29.6 Å². The third-order valence-corrected chi connectivity index (χ3v) is 6.48. The number of carbonyl (C=O) groups is 3. The van der Waals surface area contributed by atoms with Crippen molar-refractivity contribution in [3.63, 3.8) is 0 Å². The van der Waals surface area contributed by atoms with Crippen LogP contribution < -0.4 is 10.1 Å². The summed E-state index contributed by atoms with van der Waals surface area (Å²) in [5, 5.41) is 2.86. The van der Waals surface area contributed by atoms with E-state index in [0.29, 0.717) is 25.3 Å². The minimum atomic E-state index is -0.730. The van der Waals surface area contributed by atoms with Gasteiger partial charge in [0.15, 0.2) is 0 Å². The van der Waals surface area contributed by atoms with E-state index < -0.39 is 6.04 Å². The zero-order valence-electron chi connectivity index (χ0n) is 17.2. The van der Waals surface area contributed by atoms with Gasteiger partial charge in [-0.05, 0) is 49.8 Å². The van der Waals surface area contributed by atoms with Crippen LogP contribution in [0.1, 0.15) is 37.7 Å². The van der Waals surface area contributed by atoms with E-state index in [9.17, 15) is 14.4 Å². The van der Waals surface area contributed by atoms with Crippen LogP contribution in [0.5, 0.6) is 5.75 Å². The lowest BCUT2D eigenvalue weighted by atomic mass is 9.81. The number of likely N-dealkylation sites (tertiary alicyclic amines) is 1. The topological polar surface area (TPSA) is 75.7 Å². The second-order valence-corrected chi connectivity index (χ2v) is 8.73. The second kappa shape index (κ2) is 10.1. The molecule has 1 aliphatic carbocycles. The molecule has 1 aliphatic heterocycles. The average molecular weight is 419 g/mol. The zero-order valence-corrected chi connectivity index (χ0v) is 18.0. The largest absolute Gasteiger partial charge is 0.491 e. The summed E-state index contributed by atoms with van der Waals surface area (Å²) in [6.07, 6.45) is 5.90. The van der Waals surface area contributed by atoms with Crippen LogP contribution in [-0.4, -0.2) is 53.8 Å². The Balaban J connectivity index is 1.60. The number of thioether (sulfide) groups is 1. The highest BCUT2D eigenvalue weighted by Gasteiger charge is 2.51. The summed E-state index contributed by atoms with van der Waals surface area (Å²) >= 11 is 1.61. The fraction of sp³-hybridized carbons (Fsp3) is 0.591. The van der Waals surface area contributed by atoms with Gasteiger partial charge < -0.3 is 10.1 Å². The quantitative estimate of drug-likeness (QED) is 0.493. The molecule has 3 rings (SSSR count). The minimum Gasteiger partial charge on any atom is -0.491 e. The number of fused-ring (bicyclic) bond motifs is 1. The third kappa shape index (κ3) is 4.94. The Hall–Kier alpha value is -2.02. The van der Waals surface area contributed by atoms with E-state index in [2.05, 4.69) is 5.32 Å². The van der Waals surface area contributed by atoms with Gasteiger partial charge in [0.25, 0.3) is 0 Å². The number of nitrogens with zero attached hydrogens (tertiary/aromatic N) is 1. The maximum atomic E-state index is 12.9. The van der Waals surface area contributed by atoms with Crippen molar-refractivity contribution >= 4 is 29.5 Å². The molecule has 7 heteroatoms. The smallest absolute Gasteiger partial charge is 0.243 e. The molecule has 0 spiro atoms. The number of hydrogen-bond donors (Lipinski definition) is 1. The summed E-state index contributed by atoms with van der Waals surface area (Å²) in [5.74, 6) is 0.455. The Labute approximate surface area is 176 Å². The molecule has 1 aromatic carbocycles. The molecule has 0 bridgehead atoms. The highest BCUT2D eigenvalue weighted by Crippen LogP contribution is 2.39. The van der Waals surface area contributed by atoms with E-state index in [4.69, 9.17) is 4.74 Å². The maximum absolute atomic E-state index is 12.9. The lowest BCUT2D eigenvalue weighted by Gasteiger charge is -2.26. The first-order valence-electron chi connectivity index (χ1n) is 10.4. The van der Waals surface area contributed by atoms with Gasteiger partial charge in [0.05, 0.1) is 18.4 Å². The molecular formula is C22H30N2O4S. The molecule has 1 saturated carbocycles. The highest BCUT2D eigenvalue weighted by molar-refractivity contribution is 7.98. The molecule has 2 aliphatic rings. The molecule has 0 radical (unpaired) electrons. The summed E-state index contributed by atoms with van der Waals surface area (Å²) < 4.78 is 5.73. The molecule has 3 amide bonds. The van der Waals surface area contributed by atoms with E-state index in [0.717, 1.165) is 37.0 Å². The monoisotopic (exact) mass is 418 g/mol. The third-order valence-electron chi connectivity index (χ3n) is 5.84. The van der Waals surface area contributed by atoms with E-state index >= 15 is 0 Å². The summed E-state index contributed by atoms with van der Waals surface area (Å²) in [7, 11) is 0. The first kappa shape index (κ1) is 21.7. The molecule has 3 unspecified atom stereocenters. The SMILES string of the molecule is CSCCC(C(=O)NCCOc1ccccc1C)N1C(=O)C2CCCCC2C1=O. The molecule has 1 N–H and O–H groups in total. The average Bonchev–Trinajstić information content (AvgIpc) is 2.98. The van der Waals surface area contributed by atoms with Gasteiger partial charge in [-0.3, -0.25) is 19.3 Å². The van der Waals surface area contributed by atoms with E-state index in [1.165, 1.54) is 4.90 Å². The summed E-state index contributed by atoms with van der Waals surface area (Å²) in [6.45, 7) is 2.63. The van der Waals surface area contributed by atoms with Gasteiger partial charge in [-0.25, -0.2) is 0 Å². The zero-order chi connectivity index (χ0) is 20.8. The van der Waals surface area contributed by atoms with Crippen LogP contribution in [0.25, 0.3) is 0 Å². The Morgan fingerprint density at radius 2 is 1.86 bits per heavy atom. The summed E-state index contributed by atoms with van der Waals surface area (Å²) in [4.78, 5) is 40.0. The first-order chi connectivity index (χ1) is 14.0. The van der Waals surface area contributed by atoms with Crippen LogP contribution >= 0.6 is 11.8 Å². The van der Waals surface area contributed by atoms with Crippen LogP contribution in [0.3, 0.4) is 0 Å². The molecular weight excluding hydrogens is 388 g/mol. The van der Waals surface area contributed by atoms with Gasteiger partial charge >= 0.3 is 0 Å². The fourth-order valence-electron chi connectivity index (χ4n) is 4.27. The molecule has 1 aromatic rings. The summed E-state index contributed by atoms with van der Waals surface area (Å²) in [6, 6.07) is 6.98. The number of para-hydroxylation sites is 1. The number of ether oxygens (including phenoxy) is 1. The second-order valence-electron chi connectivity index (χ2n) is 7.75. The lowest BCUT2D eigenvalue weighted by molar-refractivity contribution is -0.148. The Kier molecular flexibility index (Phi) is 7.58.